The van der Waals surface area contributed by atoms with Crippen LogP contribution in [0.25, 0.3) is 0 Å². The fourth-order valence-corrected chi connectivity index (χ4v) is 3.53. The van der Waals surface area contributed by atoms with E-state index in [1.165, 1.54) is 12.1 Å². The molecule has 1 heterocycles. The first-order valence-electron chi connectivity index (χ1n) is 6.65. The fourth-order valence-electron chi connectivity index (χ4n) is 2.18. The van der Waals surface area contributed by atoms with E-state index in [0.29, 0.717) is 5.02 Å². The summed E-state index contributed by atoms with van der Waals surface area (Å²) in [6.45, 7) is 6.48. The molecule has 1 aromatic heterocycles. The van der Waals surface area contributed by atoms with Crippen molar-refractivity contribution in [3.8, 4) is 0 Å². The Kier molecular flexibility index (Phi) is 4.70. The van der Waals surface area contributed by atoms with Crippen molar-refractivity contribution in [2.45, 2.75) is 38.3 Å². The Labute approximate surface area is 130 Å². The van der Waals surface area contributed by atoms with Crippen LogP contribution in [0, 0.1) is 6.92 Å². The molecule has 0 bridgehead atoms. The number of halogens is 1. The van der Waals surface area contributed by atoms with Gasteiger partial charge in [-0.05, 0) is 45.0 Å². The monoisotopic (exact) mass is 327 g/mol. The molecule has 0 spiro atoms. The molecule has 1 atom stereocenters. The number of aryl methyl sites for hydroxylation is 1. The summed E-state index contributed by atoms with van der Waals surface area (Å²) < 4.78 is 29.2. The van der Waals surface area contributed by atoms with Crippen molar-refractivity contribution in [2.75, 3.05) is 0 Å². The SMILES string of the molecule is CCn1ncc(C(C)NS(=O)(=O)c2ccc(Cl)cc2)c1C. The normalized spacial score (nSPS) is 13.3. The minimum absolute atomic E-state index is 0.194. The lowest BCUT2D eigenvalue weighted by molar-refractivity contribution is 0.565. The van der Waals surface area contributed by atoms with Crippen LogP contribution in [-0.4, -0.2) is 18.2 Å². The molecule has 0 aliphatic heterocycles. The highest BCUT2D eigenvalue weighted by molar-refractivity contribution is 7.89. The number of aromatic nitrogens is 2. The second kappa shape index (κ2) is 6.17. The lowest BCUT2D eigenvalue weighted by Crippen LogP contribution is -2.27. The zero-order valence-electron chi connectivity index (χ0n) is 12.2. The molecule has 7 heteroatoms. The van der Waals surface area contributed by atoms with Gasteiger partial charge in [-0.15, -0.1) is 0 Å². The van der Waals surface area contributed by atoms with Crippen LogP contribution in [0.15, 0.2) is 35.4 Å². The van der Waals surface area contributed by atoms with E-state index in [1.807, 2.05) is 18.5 Å². The van der Waals surface area contributed by atoms with Crippen molar-refractivity contribution >= 4 is 21.6 Å². The number of rotatable bonds is 5. The zero-order chi connectivity index (χ0) is 15.6. The van der Waals surface area contributed by atoms with Crippen LogP contribution in [0.3, 0.4) is 0 Å². The minimum Gasteiger partial charge on any atom is -0.270 e. The molecule has 1 unspecified atom stereocenters. The number of benzene rings is 1. The quantitative estimate of drug-likeness (QED) is 0.918. The molecule has 0 aliphatic carbocycles. The predicted octanol–water partition coefficient (Wildman–Crippen LogP) is 2.90. The molecule has 0 saturated heterocycles. The Morgan fingerprint density at radius 2 is 1.95 bits per heavy atom. The first-order chi connectivity index (χ1) is 9.85. The maximum absolute atomic E-state index is 12.3. The standard InChI is InChI=1S/C14H18ClN3O2S/c1-4-18-11(3)14(9-16-18)10(2)17-21(19,20)13-7-5-12(15)6-8-13/h5-10,17H,4H2,1-3H3. The number of hydrogen-bond acceptors (Lipinski definition) is 3. The molecule has 0 fully saturated rings. The maximum atomic E-state index is 12.3. The van der Waals surface area contributed by atoms with Gasteiger partial charge in [-0.1, -0.05) is 11.6 Å². The number of hydrogen-bond donors (Lipinski definition) is 1. The molecule has 21 heavy (non-hydrogen) atoms. The summed E-state index contributed by atoms with van der Waals surface area (Å²) in [7, 11) is -3.58. The van der Waals surface area contributed by atoms with Gasteiger partial charge >= 0.3 is 0 Å². The topological polar surface area (TPSA) is 64.0 Å². The Bertz CT molecular complexity index is 723. The van der Waals surface area contributed by atoms with E-state index in [1.54, 1.807) is 25.3 Å². The molecular formula is C14H18ClN3O2S. The highest BCUT2D eigenvalue weighted by Gasteiger charge is 2.21. The molecule has 114 valence electrons. The number of nitrogens with one attached hydrogen (secondary N) is 1. The van der Waals surface area contributed by atoms with Crippen LogP contribution in [0.4, 0.5) is 0 Å². The van der Waals surface area contributed by atoms with Gasteiger partial charge in [0.2, 0.25) is 10.0 Å². The van der Waals surface area contributed by atoms with Gasteiger partial charge < -0.3 is 0 Å². The van der Waals surface area contributed by atoms with E-state index in [2.05, 4.69) is 9.82 Å². The van der Waals surface area contributed by atoms with E-state index in [9.17, 15) is 8.42 Å². The third-order valence-corrected chi connectivity index (χ3v) is 5.17. The second-order valence-corrected chi connectivity index (χ2v) is 6.95. The third-order valence-electron chi connectivity index (χ3n) is 3.36. The van der Waals surface area contributed by atoms with Crippen LogP contribution in [0.1, 0.15) is 31.1 Å². The van der Waals surface area contributed by atoms with Crippen molar-refractivity contribution in [3.05, 3.63) is 46.7 Å². The lowest BCUT2D eigenvalue weighted by Gasteiger charge is -2.14. The van der Waals surface area contributed by atoms with Crippen LogP contribution >= 0.6 is 11.6 Å². The van der Waals surface area contributed by atoms with Crippen molar-refractivity contribution in [1.29, 1.82) is 0 Å². The molecule has 0 radical (unpaired) electrons. The van der Waals surface area contributed by atoms with Crippen molar-refractivity contribution in [2.24, 2.45) is 0 Å². The molecule has 0 saturated carbocycles. The first kappa shape index (κ1) is 16.0. The van der Waals surface area contributed by atoms with E-state index in [0.717, 1.165) is 17.8 Å². The predicted molar refractivity (Wildman–Crippen MR) is 82.8 cm³/mol. The van der Waals surface area contributed by atoms with Crippen molar-refractivity contribution in [1.82, 2.24) is 14.5 Å². The van der Waals surface area contributed by atoms with Crippen molar-refractivity contribution in [3.63, 3.8) is 0 Å². The molecule has 2 rings (SSSR count). The van der Waals surface area contributed by atoms with Crippen LogP contribution in [0.2, 0.25) is 5.02 Å². The highest BCUT2D eigenvalue weighted by atomic mass is 35.5. The molecule has 1 N–H and O–H groups in total. The van der Waals surface area contributed by atoms with Gasteiger partial charge in [-0.25, -0.2) is 13.1 Å². The molecule has 0 aliphatic rings. The Morgan fingerprint density at radius 3 is 2.48 bits per heavy atom. The van der Waals surface area contributed by atoms with Gasteiger partial charge in [0.15, 0.2) is 0 Å². The van der Waals surface area contributed by atoms with E-state index in [4.69, 9.17) is 11.6 Å². The lowest BCUT2D eigenvalue weighted by atomic mass is 10.1. The van der Waals surface area contributed by atoms with Crippen LogP contribution < -0.4 is 4.72 Å². The van der Waals surface area contributed by atoms with Gasteiger partial charge in [-0.3, -0.25) is 4.68 Å². The largest absolute Gasteiger partial charge is 0.270 e. The van der Waals surface area contributed by atoms with Gasteiger partial charge in [0.1, 0.15) is 0 Å². The highest BCUT2D eigenvalue weighted by Crippen LogP contribution is 2.20. The summed E-state index contributed by atoms with van der Waals surface area (Å²) in [5.41, 5.74) is 1.83. The average molecular weight is 328 g/mol. The van der Waals surface area contributed by atoms with Crippen molar-refractivity contribution < 1.29 is 8.42 Å². The molecular weight excluding hydrogens is 310 g/mol. The third kappa shape index (κ3) is 3.45. The Morgan fingerprint density at radius 1 is 1.33 bits per heavy atom. The van der Waals surface area contributed by atoms with Crippen LogP contribution in [0.5, 0.6) is 0 Å². The average Bonchev–Trinajstić information content (AvgIpc) is 2.80. The van der Waals surface area contributed by atoms with Gasteiger partial charge in [0.05, 0.1) is 11.1 Å². The fraction of sp³-hybridized carbons (Fsp3) is 0.357. The first-order valence-corrected chi connectivity index (χ1v) is 8.51. The van der Waals surface area contributed by atoms with Gasteiger partial charge in [0, 0.05) is 28.9 Å². The molecule has 2 aromatic rings. The van der Waals surface area contributed by atoms with Gasteiger partial charge in [-0.2, -0.15) is 5.10 Å². The minimum atomic E-state index is -3.58. The summed E-state index contributed by atoms with van der Waals surface area (Å²) in [6.07, 6.45) is 1.70. The molecule has 1 aromatic carbocycles. The summed E-state index contributed by atoms with van der Waals surface area (Å²) in [6, 6.07) is 5.73. The van der Waals surface area contributed by atoms with Crippen LogP contribution in [-0.2, 0) is 16.6 Å². The van der Waals surface area contributed by atoms with E-state index < -0.39 is 10.0 Å². The number of sulfonamides is 1. The summed E-state index contributed by atoms with van der Waals surface area (Å²) in [5.74, 6) is 0. The molecule has 0 amide bonds. The number of nitrogens with zero attached hydrogens (tertiary/aromatic N) is 2. The summed E-state index contributed by atoms with van der Waals surface area (Å²) in [5, 5.41) is 4.74. The maximum Gasteiger partial charge on any atom is 0.241 e. The second-order valence-electron chi connectivity index (χ2n) is 4.80. The Balaban J connectivity index is 2.23. The summed E-state index contributed by atoms with van der Waals surface area (Å²) in [4.78, 5) is 0.194. The summed E-state index contributed by atoms with van der Waals surface area (Å²) >= 11 is 5.78. The molecule has 5 nitrogen and oxygen atoms in total. The van der Waals surface area contributed by atoms with E-state index in [-0.39, 0.29) is 10.9 Å². The van der Waals surface area contributed by atoms with E-state index >= 15 is 0 Å². The smallest absolute Gasteiger partial charge is 0.241 e. The zero-order valence-corrected chi connectivity index (χ0v) is 13.7. The Hall–Kier alpha value is -1.37. The van der Waals surface area contributed by atoms with Gasteiger partial charge in [0.25, 0.3) is 0 Å².